The molecule has 4 heteroatoms. The third-order valence-electron chi connectivity index (χ3n) is 2.77. The summed E-state index contributed by atoms with van der Waals surface area (Å²) in [4.78, 5) is 0. The molecule has 1 aromatic carbocycles. The third-order valence-corrected chi connectivity index (χ3v) is 3.46. The summed E-state index contributed by atoms with van der Waals surface area (Å²) in [5.41, 5.74) is 0.781. The van der Waals surface area contributed by atoms with E-state index in [4.69, 9.17) is 4.74 Å². The van der Waals surface area contributed by atoms with Crippen LogP contribution in [0.3, 0.4) is 0 Å². The smallest absolute Gasteiger partial charge is 0.125 e. The van der Waals surface area contributed by atoms with Crippen molar-refractivity contribution in [1.82, 2.24) is 0 Å². The van der Waals surface area contributed by atoms with Crippen LogP contribution in [0.4, 0.5) is 10.1 Å². The molecule has 2 nitrogen and oxygen atoms in total. The zero-order chi connectivity index (χ0) is 11.5. The van der Waals surface area contributed by atoms with Gasteiger partial charge in [-0.15, -0.1) is 0 Å². The average molecular weight is 288 g/mol. The first-order chi connectivity index (χ1) is 7.65. The van der Waals surface area contributed by atoms with Crippen LogP contribution in [0.1, 0.15) is 19.8 Å². The SMILES string of the molecule is CC1CCC(CNc2cc(F)ccc2Br)O1. The molecule has 1 heterocycles. The van der Waals surface area contributed by atoms with Gasteiger partial charge in [0.15, 0.2) is 0 Å². The highest BCUT2D eigenvalue weighted by atomic mass is 79.9. The van der Waals surface area contributed by atoms with Crippen LogP contribution in [0.15, 0.2) is 22.7 Å². The minimum absolute atomic E-state index is 0.230. The van der Waals surface area contributed by atoms with E-state index in [0.717, 1.165) is 29.5 Å². The Kier molecular flexibility index (Phi) is 3.82. The van der Waals surface area contributed by atoms with Crippen LogP contribution in [-0.2, 0) is 4.74 Å². The van der Waals surface area contributed by atoms with Crippen LogP contribution in [0, 0.1) is 5.82 Å². The summed E-state index contributed by atoms with van der Waals surface area (Å²) in [6.07, 6.45) is 2.77. The molecule has 1 aliphatic heterocycles. The zero-order valence-corrected chi connectivity index (χ0v) is 10.8. The Balaban J connectivity index is 1.91. The molecule has 0 aromatic heterocycles. The molecular weight excluding hydrogens is 273 g/mol. The lowest BCUT2D eigenvalue weighted by Gasteiger charge is -2.14. The number of hydrogen-bond acceptors (Lipinski definition) is 2. The molecule has 0 amide bonds. The average Bonchev–Trinajstić information content (AvgIpc) is 2.66. The maximum absolute atomic E-state index is 13.0. The number of halogens is 2. The Labute approximate surface area is 103 Å². The van der Waals surface area contributed by atoms with E-state index >= 15 is 0 Å². The second-order valence-corrected chi connectivity index (χ2v) is 5.01. The van der Waals surface area contributed by atoms with Gasteiger partial charge in [-0.2, -0.15) is 0 Å². The summed E-state index contributed by atoms with van der Waals surface area (Å²) in [5, 5.41) is 3.20. The fourth-order valence-corrected chi connectivity index (χ4v) is 2.28. The molecule has 2 rings (SSSR count). The quantitative estimate of drug-likeness (QED) is 0.918. The molecular formula is C12H15BrFNO. The summed E-state index contributed by atoms with van der Waals surface area (Å²) in [6.45, 7) is 2.81. The highest BCUT2D eigenvalue weighted by molar-refractivity contribution is 9.10. The Morgan fingerprint density at radius 1 is 1.50 bits per heavy atom. The van der Waals surface area contributed by atoms with Crippen molar-refractivity contribution in [2.24, 2.45) is 0 Å². The van der Waals surface area contributed by atoms with Gasteiger partial charge < -0.3 is 10.1 Å². The van der Waals surface area contributed by atoms with Crippen molar-refractivity contribution in [2.45, 2.75) is 32.0 Å². The summed E-state index contributed by atoms with van der Waals surface area (Å²) >= 11 is 3.38. The van der Waals surface area contributed by atoms with Gasteiger partial charge in [-0.05, 0) is 53.9 Å². The number of nitrogens with one attached hydrogen (secondary N) is 1. The largest absolute Gasteiger partial charge is 0.381 e. The Morgan fingerprint density at radius 2 is 2.31 bits per heavy atom. The number of rotatable bonds is 3. The van der Waals surface area contributed by atoms with E-state index in [1.807, 2.05) is 0 Å². The maximum Gasteiger partial charge on any atom is 0.125 e. The molecule has 1 aliphatic rings. The van der Waals surface area contributed by atoms with E-state index in [9.17, 15) is 4.39 Å². The van der Waals surface area contributed by atoms with Gasteiger partial charge in [0.2, 0.25) is 0 Å². The first-order valence-electron chi connectivity index (χ1n) is 5.49. The summed E-state index contributed by atoms with van der Waals surface area (Å²) in [6, 6.07) is 4.63. The molecule has 0 spiro atoms. The van der Waals surface area contributed by atoms with Crippen molar-refractivity contribution in [1.29, 1.82) is 0 Å². The summed E-state index contributed by atoms with van der Waals surface area (Å²) < 4.78 is 19.6. The zero-order valence-electron chi connectivity index (χ0n) is 9.17. The van der Waals surface area contributed by atoms with Crippen molar-refractivity contribution in [3.8, 4) is 0 Å². The van der Waals surface area contributed by atoms with Gasteiger partial charge in [0.1, 0.15) is 5.82 Å². The fourth-order valence-electron chi connectivity index (χ4n) is 1.89. The highest BCUT2D eigenvalue weighted by Gasteiger charge is 2.21. The lowest BCUT2D eigenvalue weighted by atomic mass is 10.2. The van der Waals surface area contributed by atoms with E-state index in [1.165, 1.54) is 12.1 Å². The first-order valence-corrected chi connectivity index (χ1v) is 6.29. The van der Waals surface area contributed by atoms with Gasteiger partial charge in [0.25, 0.3) is 0 Å². The normalized spacial score (nSPS) is 24.7. The topological polar surface area (TPSA) is 21.3 Å². The maximum atomic E-state index is 13.0. The molecule has 1 fully saturated rings. The van der Waals surface area contributed by atoms with Crippen molar-refractivity contribution in [2.75, 3.05) is 11.9 Å². The van der Waals surface area contributed by atoms with E-state index in [1.54, 1.807) is 6.07 Å². The minimum atomic E-state index is -0.230. The predicted molar refractivity (Wildman–Crippen MR) is 66.2 cm³/mol. The van der Waals surface area contributed by atoms with E-state index in [0.29, 0.717) is 6.10 Å². The van der Waals surface area contributed by atoms with Gasteiger partial charge in [0.05, 0.1) is 17.9 Å². The first kappa shape index (κ1) is 11.9. The second-order valence-electron chi connectivity index (χ2n) is 4.15. The number of ether oxygens (including phenoxy) is 1. The summed E-state index contributed by atoms with van der Waals surface area (Å²) in [5.74, 6) is -0.230. The molecule has 0 radical (unpaired) electrons. The molecule has 1 N–H and O–H groups in total. The van der Waals surface area contributed by atoms with Gasteiger partial charge in [-0.3, -0.25) is 0 Å². The molecule has 1 saturated heterocycles. The standard InChI is InChI=1S/C12H15BrFNO/c1-8-2-4-10(16-8)7-15-12-6-9(14)3-5-11(12)13/h3,5-6,8,10,15H,2,4,7H2,1H3. The van der Waals surface area contributed by atoms with Gasteiger partial charge in [-0.25, -0.2) is 4.39 Å². The van der Waals surface area contributed by atoms with E-state index < -0.39 is 0 Å². The lowest BCUT2D eigenvalue weighted by Crippen LogP contribution is -2.19. The van der Waals surface area contributed by atoms with Crippen LogP contribution >= 0.6 is 15.9 Å². The number of hydrogen-bond donors (Lipinski definition) is 1. The minimum Gasteiger partial charge on any atom is -0.381 e. The van der Waals surface area contributed by atoms with Crippen LogP contribution < -0.4 is 5.32 Å². The van der Waals surface area contributed by atoms with E-state index in [2.05, 4.69) is 28.2 Å². The van der Waals surface area contributed by atoms with Gasteiger partial charge in [0, 0.05) is 11.0 Å². The molecule has 0 aliphatic carbocycles. The van der Waals surface area contributed by atoms with Crippen LogP contribution in [0.5, 0.6) is 0 Å². The highest BCUT2D eigenvalue weighted by Crippen LogP contribution is 2.24. The molecule has 2 unspecified atom stereocenters. The van der Waals surface area contributed by atoms with Crippen LogP contribution in [-0.4, -0.2) is 18.8 Å². The molecule has 0 saturated carbocycles. The van der Waals surface area contributed by atoms with Gasteiger partial charge in [-0.1, -0.05) is 0 Å². The monoisotopic (exact) mass is 287 g/mol. The number of anilines is 1. The molecule has 16 heavy (non-hydrogen) atoms. The molecule has 2 atom stereocenters. The van der Waals surface area contributed by atoms with E-state index in [-0.39, 0.29) is 11.9 Å². The van der Waals surface area contributed by atoms with Crippen LogP contribution in [0.2, 0.25) is 0 Å². The predicted octanol–water partition coefficient (Wildman–Crippen LogP) is 3.57. The second kappa shape index (κ2) is 5.15. The molecule has 88 valence electrons. The number of benzene rings is 1. The molecule has 1 aromatic rings. The Bertz CT molecular complexity index is 372. The fraction of sp³-hybridized carbons (Fsp3) is 0.500. The lowest BCUT2D eigenvalue weighted by molar-refractivity contribution is 0.0637. The van der Waals surface area contributed by atoms with Crippen molar-refractivity contribution in [3.05, 3.63) is 28.5 Å². The molecule has 0 bridgehead atoms. The van der Waals surface area contributed by atoms with Crippen molar-refractivity contribution < 1.29 is 9.13 Å². The third kappa shape index (κ3) is 2.95. The summed E-state index contributed by atoms with van der Waals surface area (Å²) in [7, 11) is 0. The Hall–Kier alpha value is -0.610. The Morgan fingerprint density at radius 3 is 3.00 bits per heavy atom. The van der Waals surface area contributed by atoms with Crippen molar-refractivity contribution in [3.63, 3.8) is 0 Å². The van der Waals surface area contributed by atoms with Crippen molar-refractivity contribution >= 4 is 21.6 Å². The van der Waals surface area contributed by atoms with Crippen LogP contribution in [0.25, 0.3) is 0 Å². The van der Waals surface area contributed by atoms with Gasteiger partial charge >= 0.3 is 0 Å².